The van der Waals surface area contributed by atoms with Crippen molar-refractivity contribution < 1.29 is 18.7 Å². The van der Waals surface area contributed by atoms with Crippen molar-refractivity contribution in [1.29, 1.82) is 0 Å². The van der Waals surface area contributed by atoms with Gasteiger partial charge in [-0.05, 0) is 58.4 Å². The van der Waals surface area contributed by atoms with E-state index in [1.807, 2.05) is 25.0 Å². The second kappa shape index (κ2) is 8.77. The molecule has 1 aliphatic heterocycles. The molecule has 0 saturated carbocycles. The van der Waals surface area contributed by atoms with Crippen LogP contribution in [0.25, 0.3) is 11.6 Å². The maximum Gasteiger partial charge on any atom is 0.343 e. The summed E-state index contributed by atoms with van der Waals surface area (Å²) in [6.45, 7) is 5.51. The Bertz CT molecular complexity index is 843. The number of aromatic nitrogens is 2. The molecule has 0 bridgehead atoms. The Labute approximate surface area is 168 Å². The second-order valence-corrected chi connectivity index (χ2v) is 7.80. The van der Waals surface area contributed by atoms with E-state index in [4.69, 9.17) is 9.15 Å². The summed E-state index contributed by atoms with van der Waals surface area (Å²) in [6.07, 6.45) is 6.43. The molecule has 0 radical (unpaired) electrons. The van der Waals surface area contributed by atoms with Gasteiger partial charge in [-0.2, -0.15) is 0 Å². The van der Waals surface area contributed by atoms with Gasteiger partial charge in [-0.3, -0.25) is 4.79 Å². The van der Waals surface area contributed by atoms with Crippen molar-refractivity contribution in [3.63, 3.8) is 0 Å². The Morgan fingerprint density at radius 2 is 2.00 bits per heavy atom. The Morgan fingerprint density at radius 3 is 2.61 bits per heavy atom. The highest BCUT2D eigenvalue weighted by Crippen LogP contribution is 2.26. The Balaban J connectivity index is 1.74. The van der Waals surface area contributed by atoms with Crippen LogP contribution in [0.15, 0.2) is 27.8 Å². The highest BCUT2D eigenvalue weighted by molar-refractivity contribution is 7.98. The largest absolute Gasteiger partial charge is 0.461 e. The summed E-state index contributed by atoms with van der Waals surface area (Å²) in [6, 6.07) is 3.84. The number of hydrogen-bond donors (Lipinski definition) is 0. The van der Waals surface area contributed by atoms with Crippen LogP contribution in [-0.4, -0.2) is 51.7 Å². The maximum absolute atomic E-state index is 12.7. The van der Waals surface area contributed by atoms with Crippen LogP contribution in [-0.2, 0) is 9.53 Å². The van der Waals surface area contributed by atoms with Crippen LogP contribution in [0, 0.1) is 6.92 Å². The zero-order valence-corrected chi connectivity index (χ0v) is 17.4. The Hall–Kier alpha value is -2.35. The fraction of sp³-hybridized carbons (Fsp3) is 0.500. The topological polar surface area (TPSA) is 85.5 Å². The van der Waals surface area contributed by atoms with E-state index in [1.165, 1.54) is 11.8 Å². The standard InChI is InChI=1S/C20H25N3O4S/c1-12-7-5-8-13(2)23(12)16(24)11-27-20(25)17-14(3)21-18(22-19(17)28-4)15-9-6-10-26-15/h6,9-10,12-13H,5,7-8,11H2,1-4H3/t12-,13+. The monoisotopic (exact) mass is 403 g/mol. The summed E-state index contributed by atoms with van der Waals surface area (Å²) < 4.78 is 10.7. The van der Waals surface area contributed by atoms with E-state index in [2.05, 4.69) is 9.97 Å². The van der Waals surface area contributed by atoms with Gasteiger partial charge in [0.25, 0.3) is 5.91 Å². The first-order chi connectivity index (χ1) is 13.4. The summed E-state index contributed by atoms with van der Waals surface area (Å²) in [5.74, 6) is 0.194. The lowest BCUT2D eigenvalue weighted by Gasteiger charge is -2.38. The van der Waals surface area contributed by atoms with Gasteiger partial charge >= 0.3 is 5.97 Å². The number of piperidine rings is 1. The Kier molecular flexibility index (Phi) is 6.39. The van der Waals surface area contributed by atoms with Crippen molar-refractivity contribution in [3.05, 3.63) is 29.7 Å². The fourth-order valence-electron chi connectivity index (χ4n) is 3.63. The Morgan fingerprint density at radius 1 is 1.29 bits per heavy atom. The quantitative estimate of drug-likeness (QED) is 0.427. The third kappa shape index (κ3) is 4.22. The smallest absolute Gasteiger partial charge is 0.343 e. The SMILES string of the molecule is CSc1nc(-c2ccco2)nc(C)c1C(=O)OCC(=O)N1[C@H](C)CCC[C@@H]1C. The van der Waals surface area contributed by atoms with Crippen molar-refractivity contribution >= 4 is 23.6 Å². The molecular weight excluding hydrogens is 378 g/mol. The van der Waals surface area contributed by atoms with E-state index in [9.17, 15) is 9.59 Å². The number of carbonyl (C=O) groups is 2. The first-order valence-electron chi connectivity index (χ1n) is 9.37. The molecule has 3 heterocycles. The van der Waals surface area contributed by atoms with E-state index in [-0.39, 0.29) is 30.2 Å². The molecule has 0 spiro atoms. The molecule has 150 valence electrons. The normalized spacial score (nSPS) is 19.5. The summed E-state index contributed by atoms with van der Waals surface area (Å²) in [7, 11) is 0. The molecule has 3 rings (SSSR count). The number of rotatable bonds is 5. The van der Waals surface area contributed by atoms with Gasteiger partial charge in [0.2, 0.25) is 0 Å². The number of thioether (sulfide) groups is 1. The van der Waals surface area contributed by atoms with Gasteiger partial charge in [-0.1, -0.05) is 0 Å². The van der Waals surface area contributed by atoms with Crippen molar-refractivity contribution in [2.75, 3.05) is 12.9 Å². The minimum atomic E-state index is -0.585. The van der Waals surface area contributed by atoms with Gasteiger partial charge in [0.1, 0.15) is 10.6 Å². The summed E-state index contributed by atoms with van der Waals surface area (Å²) in [5.41, 5.74) is 0.776. The van der Waals surface area contributed by atoms with E-state index < -0.39 is 5.97 Å². The molecule has 8 heteroatoms. The van der Waals surface area contributed by atoms with Crippen LogP contribution >= 0.6 is 11.8 Å². The highest BCUT2D eigenvalue weighted by Gasteiger charge is 2.30. The van der Waals surface area contributed by atoms with Crippen LogP contribution in [0.5, 0.6) is 0 Å². The van der Waals surface area contributed by atoms with E-state index >= 15 is 0 Å². The van der Waals surface area contributed by atoms with Gasteiger partial charge in [-0.25, -0.2) is 14.8 Å². The molecule has 7 nitrogen and oxygen atoms in total. The fourth-order valence-corrected chi connectivity index (χ4v) is 4.25. The van der Waals surface area contributed by atoms with Crippen LogP contribution in [0.2, 0.25) is 0 Å². The lowest BCUT2D eigenvalue weighted by molar-refractivity contribution is -0.140. The van der Waals surface area contributed by atoms with Gasteiger partial charge in [0.15, 0.2) is 18.2 Å². The summed E-state index contributed by atoms with van der Waals surface area (Å²) in [5, 5.41) is 0.496. The first-order valence-corrected chi connectivity index (χ1v) is 10.6. The molecule has 0 N–H and O–H groups in total. The van der Waals surface area contributed by atoms with Crippen molar-refractivity contribution in [3.8, 4) is 11.6 Å². The average Bonchev–Trinajstić information content (AvgIpc) is 3.20. The van der Waals surface area contributed by atoms with Gasteiger partial charge in [-0.15, -0.1) is 11.8 Å². The lowest BCUT2D eigenvalue weighted by Crippen LogP contribution is -2.49. The van der Waals surface area contributed by atoms with Gasteiger partial charge in [0.05, 0.1) is 12.0 Å². The van der Waals surface area contributed by atoms with Crippen molar-refractivity contribution in [2.24, 2.45) is 0 Å². The molecule has 0 unspecified atom stereocenters. The maximum atomic E-state index is 12.7. The molecule has 1 aliphatic rings. The van der Waals surface area contributed by atoms with E-state index in [1.54, 1.807) is 25.3 Å². The zero-order valence-electron chi connectivity index (χ0n) is 16.6. The molecule has 0 aliphatic carbocycles. The molecule has 1 fully saturated rings. The number of likely N-dealkylation sites (tertiary alicyclic amines) is 1. The van der Waals surface area contributed by atoms with Crippen LogP contribution in [0.1, 0.15) is 49.2 Å². The molecule has 0 aromatic carbocycles. The molecule has 2 atom stereocenters. The number of ether oxygens (including phenoxy) is 1. The minimum Gasteiger partial charge on any atom is -0.461 e. The predicted octanol–water partition coefficient (Wildman–Crippen LogP) is 3.71. The first kappa shape index (κ1) is 20.4. The predicted molar refractivity (Wildman–Crippen MR) is 106 cm³/mol. The number of nitrogens with zero attached hydrogens (tertiary/aromatic N) is 3. The molecule has 28 heavy (non-hydrogen) atoms. The minimum absolute atomic E-state index is 0.161. The number of aryl methyl sites for hydroxylation is 1. The lowest BCUT2D eigenvalue weighted by atomic mass is 9.97. The summed E-state index contributed by atoms with van der Waals surface area (Å²) >= 11 is 1.32. The van der Waals surface area contributed by atoms with Crippen LogP contribution < -0.4 is 0 Å². The molecular formula is C20H25N3O4S. The molecule has 2 aromatic rings. The molecule has 1 saturated heterocycles. The van der Waals surface area contributed by atoms with Gasteiger partial charge in [0, 0.05) is 12.1 Å². The molecule has 2 aromatic heterocycles. The van der Waals surface area contributed by atoms with E-state index in [0.29, 0.717) is 22.3 Å². The zero-order chi connectivity index (χ0) is 20.3. The summed E-state index contributed by atoms with van der Waals surface area (Å²) in [4.78, 5) is 35.9. The number of hydrogen-bond acceptors (Lipinski definition) is 7. The van der Waals surface area contributed by atoms with Crippen LogP contribution in [0.4, 0.5) is 0 Å². The average molecular weight is 404 g/mol. The van der Waals surface area contributed by atoms with Crippen molar-refractivity contribution in [2.45, 2.75) is 57.1 Å². The van der Waals surface area contributed by atoms with Crippen molar-refractivity contribution in [1.82, 2.24) is 14.9 Å². The number of carbonyl (C=O) groups excluding carboxylic acids is 2. The van der Waals surface area contributed by atoms with E-state index in [0.717, 1.165) is 19.3 Å². The highest BCUT2D eigenvalue weighted by atomic mass is 32.2. The third-order valence-corrected chi connectivity index (χ3v) is 5.69. The number of amides is 1. The third-order valence-electron chi connectivity index (χ3n) is 5.00. The number of esters is 1. The second-order valence-electron chi connectivity index (χ2n) is 7.00. The van der Waals surface area contributed by atoms with Gasteiger partial charge < -0.3 is 14.1 Å². The molecule has 1 amide bonds. The van der Waals surface area contributed by atoms with Crippen LogP contribution in [0.3, 0.4) is 0 Å². The number of furan rings is 1.